The van der Waals surface area contributed by atoms with Crippen molar-refractivity contribution in [2.75, 3.05) is 0 Å². The van der Waals surface area contributed by atoms with Crippen molar-refractivity contribution in [3.8, 4) is 5.75 Å². The van der Waals surface area contributed by atoms with Crippen molar-refractivity contribution in [2.45, 2.75) is 6.61 Å². The third-order valence-corrected chi connectivity index (χ3v) is 3.70. The average Bonchev–Trinajstić information content (AvgIpc) is 2.34. The van der Waals surface area contributed by atoms with Gasteiger partial charge in [-0.15, -0.1) is 0 Å². The first-order valence-corrected chi connectivity index (χ1v) is 6.98. The predicted molar refractivity (Wildman–Crippen MR) is 77.7 cm³/mol. The van der Waals surface area contributed by atoms with Crippen molar-refractivity contribution in [3.05, 3.63) is 55.4 Å². The zero-order valence-corrected chi connectivity index (χ0v) is 13.1. The maximum Gasteiger partial charge on any atom is 0.145 e. The van der Waals surface area contributed by atoms with Gasteiger partial charge in [0.05, 0.1) is 9.50 Å². The molecule has 0 atom stereocenters. The molecule has 19 heavy (non-hydrogen) atoms. The fraction of sp³-hybridized carbons (Fsp3) is 0.0833. The van der Waals surface area contributed by atoms with Crippen LogP contribution in [-0.4, -0.2) is 4.98 Å². The summed E-state index contributed by atoms with van der Waals surface area (Å²) in [6.45, 7) is 0.142. The van der Waals surface area contributed by atoms with Crippen LogP contribution < -0.4 is 4.74 Å². The summed E-state index contributed by atoms with van der Waals surface area (Å²) < 4.78 is 19.3. The van der Waals surface area contributed by atoms with Crippen molar-refractivity contribution in [1.29, 1.82) is 0 Å². The summed E-state index contributed by atoms with van der Waals surface area (Å²) in [5, 5.41) is 0.566. The van der Waals surface area contributed by atoms with Crippen LogP contribution in [0.1, 0.15) is 5.56 Å². The molecule has 0 saturated carbocycles. The van der Waals surface area contributed by atoms with Crippen molar-refractivity contribution >= 4 is 50.7 Å². The van der Waals surface area contributed by atoms with Crippen LogP contribution in [0, 0.1) is 5.82 Å². The van der Waals surface area contributed by atoms with E-state index in [1.807, 2.05) is 0 Å². The lowest BCUT2D eigenvalue weighted by Gasteiger charge is -2.10. The van der Waals surface area contributed by atoms with Gasteiger partial charge >= 0.3 is 0 Å². The van der Waals surface area contributed by atoms with Crippen LogP contribution in [0.2, 0.25) is 15.3 Å². The minimum absolute atomic E-state index is 0.0189. The Morgan fingerprint density at radius 2 is 1.95 bits per heavy atom. The zero-order chi connectivity index (χ0) is 14.0. The first kappa shape index (κ1) is 14.9. The first-order chi connectivity index (χ1) is 8.97. The summed E-state index contributed by atoms with van der Waals surface area (Å²) in [4.78, 5) is 3.88. The maximum atomic E-state index is 13.3. The Morgan fingerprint density at radius 1 is 1.21 bits per heavy atom. The van der Waals surface area contributed by atoms with Gasteiger partial charge in [0.15, 0.2) is 0 Å². The number of pyridine rings is 1. The van der Waals surface area contributed by atoms with Gasteiger partial charge < -0.3 is 4.74 Å². The highest BCUT2D eigenvalue weighted by molar-refractivity contribution is 9.10. The second-order valence-corrected chi connectivity index (χ2v) is 5.58. The molecule has 2 nitrogen and oxygen atoms in total. The van der Waals surface area contributed by atoms with Gasteiger partial charge in [0, 0.05) is 11.6 Å². The van der Waals surface area contributed by atoms with E-state index in [1.165, 1.54) is 12.1 Å². The van der Waals surface area contributed by atoms with E-state index < -0.39 is 5.82 Å². The van der Waals surface area contributed by atoms with Gasteiger partial charge in [-0.05, 0) is 34.1 Å². The molecule has 7 heteroatoms. The van der Waals surface area contributed by atoms with E-state index in [1.54, 1.807) is 12.1 Å². The highest BCUT2D eigenvalue weighted by Crippen LogP contribution is 2.31. The minimum atomic E-state index is -0.555. The van der Waals surface area contributed by atoms with Crippen LogP contribution in [0.3, 0.4) is 0 Å². The SMILES string of the molecule is Fc1cc(OCc2ccc(Cl)nc2Cl)c(Br)cc1Cl. The van der Waals surface area contributed by atoms with Gasteiger partial charge in [0.1, 0.15) is 28.5 Å². The largest absolute Gasteiger partial charge is 0.487 e. The topological polar surface area (TPSA) is 22.1 Å². The van der Waals surface area contributed by atoms with Crippen molar-refractivity contribution in [2.24, 2.45) is 0 Å². The van der Waals surface area contributed by atoms with Gasteiger partial charge in [-0.3, -0.25) is 0 Å². The van der Waals surface area contributed by atoms with E-state index in [2.05, 4.69) is 20.9 Å². The molecule has 0 fully saturated rings. The van der Waals surface area contributed by atoms with Gasteiger partial charge in [-0.25, -0.2) is 9.37 Å². The Hall–Kier alpha value is -0.550. The molecule has 1 heterocycles. The zero-order valence-electron chi connectivity index (χ0n) is 9.26. The Kier molecular flexibility index (Phi) is 4.90. The van der Waals surface area contributed by atoms with Gasteiger partial charge in [-0.2, -0.15) is 0 Å². The fourth-order valence-electron chi connectivity index (χ4n) is 1.32. The molecule has 1 aromatic carbocycles. The molecule has 1 aromatic heterocycles. The second kappa shape index (κ2) is 6.27. The third-order valence-electron chi connectivity index (χ3n) is 2.25. The molecular formula is C12H6BrCl3FNO. The molecule has 2 rings (SSSR count). The summed E-state index contributed by atoms with van der Waals surface area (Å²) >= 11 is 20.5. The summed E-state index contributed by atoms with van der Waals surface area (Å²) in [6, 6.07) is 5.92. The number of nitrogens with zero attached hydrogens (tertiary/aromatic N) is 1. The molecule has 0 bridgehead atoms. The summed E-state index contributed by atoms with van der Waals surface area (Å²) in [5.41, 5.74) is 0.647. The molecule has 0 radical (unpaired) electrons. The molecule has 0 amide bonds. The van der Waals surface area contributed by atoms with Gasteiger partial charge in [-0.1, -0.05) is 34.8 Å². The molecule has 0 N–H and O–H groups in total. The highest BCUT2D eigenvalue weighted by Gasteiger charge is 2.09. The third kappa shape index (κ3) is 3.72. The molecular weight excluding hydrogens is 379 g/mol. The molecule has 0 spiro atoms. The fourth-order valence-corrected chi connectivity index (χ4v) is 2.47. The van der Waals surface area contributed by atoms with Crippen molar-refractivity contribution in [1.82, 2.24) is 4.98 Å². The van der Waals surface area contributed by atoms with Gasteiger partial charge in [0.25, 0.3) is 0 Å². The number of aromatic nitrogens is 1. The van der Waals surface area contributed by atoms with E-state index in [0.29, 0.717) is 20.9 Å². The highest BCUT2D eigenvalue weighted by atomic mass is 79.9. The smallest absolute Gasteiger partial charge is 0.145 e. The standard InChI is InChI=1S/C12H6BrCl3FNO/c13-7-3-8(14)9(17)4-10(7)19-5-6-1-2-11(15)18-12(6)16/h1-4H,5H2. The number of ether oxygens (including phenoxy) is 1. The quantitative estimate of drug-likeness (QED) is 0.512. The summed E-state index contributed by atoms with van der Waals surface area (Å²) in [5.74, 6) is -0.229. The molecule has 0 aliphatic carbocycles. The maximum absolute atomic E-state index is 13.3. The van der Waals surface area contributed by atoms with Crippen LogP contribution in [0.5, 0.6) is 5.75 Å². The average molecular weight is 385 g/mol. The molecule has 2 aromatic rings. The Balaban J connectivity index is 2.16. The van der Waals surface area contributed by atoms with E-state index in [-0.39, 0.29) is 16.8 Å². The molecule has 100 valence electrons. The minimum Gasteiger partial charge on any atom is -0.487 e. The van der Waals surface area contributed by atoms with E-state index >= 15 is 0 Å². The second-order valence-electron chi connectivity index (χ2n) is 3.57. The van der Waals surface area contributed by atoms with E-state index in [0.717, 1.165) is 0 Å². The number of halogens is 5. The van der Waals surface area contributed by atoms with Crippen LogP contribution in [-0.2, 0) is 6.61 Å². The summed E-state index contributed by atoms with van der Waals surface area (Å²) in [7, 11) is 0. The van der Waals surface area contributed by atoms with Gasteiger partial charge in [0.2, 0.25) is 0 Å². The Bertz CT molecular complexity index is 624. The summed E-state index contributed by atoms with van der Waals surface area (Å²) in [6.07, 6.45) is 0. The van der Waals surface area contributed by atoms with Crippen LogP contribution >= 0.6 is 50.7 Å². The molecule has 0 saturated heterocycles. The Morgan fingerprint density at radius 3 is 2.63 bits per heavy atom. The van der Waals surface area contributed by atoms with Crippen molar-refractivity contribution in [3.63, 3.8) is 0 Å². The lowest BCUT2D eigenvalue weighted by molar-refractivity contribution is 0.302. The van der Waals surface area contributed by atoms with Crippen LogP contribution in [0.15, 0.2) is 28.7 Å². The lowest BCUT2D eigenvalue weighted by Crippen LogP contribution is -1.99. The lowest BCUT2D eigenvalue weighted by atomic mass is 10.3. The van der Waals surface area contributed by atoms with E-state index in [9.17, 15) is 4.39 Å². The predicted octanol–water partition coefficient (Wildman–Crippen LogP) is 5.52. The number of hydrogen-bond donors (Lipinski definition) is 0. The van der Waals surface area contributed by atoms with Crippen LogP contribution in [0.25, 0.3) is 0 Å². The number of hydrogen-bond acceptors (Lipinski definition) is 2. The Labute approximate surface area is 132 Å². The number of benzene rings is 1. The molecule has 0 unspecified atom stereocenters. The normalized spacial score (nSPS) is 10.6. The molecule has 0 aliphatic heterocycles. The molecule has 0 aliphatic rings. The number of rotatable bonds is 3. The van der Waals surface area contributed by atoms with Crippen LogP contribution in [0.4, 0.5) is 4.39 Å². The van der Waals surface area contributed by atoms with Crippen molar-refractivity contribution < 1.29 is 9.13 Å². The van der Waals surface area contributed by atoms with E-state index in [4.69, 9.17) is 39.5 Å². The monoisotopic (exact) mass is 383 g/mol. The first-order valence-electron chi connectivity index (χ1n) is 5.05.